The average molecular weight is 1810 g/mol. The molecule has 3 saturated heterocycles. The van der Waals surface area contributed by atoms with Crippen molar-refractivity contribution < 1.29 is 75.0 Å². The van der Waals surface area contributed by atoms with Crippen LogP contribution in [0.4, 0.5) is 17.1 Å². The predicted octanol–water partition coefficient (Wildman–Crippen LogP) is 28.1. The molecule has 1 N–H and O–H groups in total. The summed E-state index contributed by atoms with van der Waals surface area (Å²) in [6.07, 6.45) is 13.4. The Bertz CT molecular complexity index is 3410. The summed E-state index contributed by atoms with van der Waals surface area (Å²) in [6.45, 7) is 63.8. The third-order valence-corrected chi connectivity index (χ3v) is 15.4. The van der Waals surface area contributed by atoms with E-state index in [0.717, 1.165) is 138 Å². The topological polar surface area (TPSA) is 123 Å². The van der Waals surface area contributed by atoms with E-state index in [1.807, 2.05) is 260 Å². The number of rotatable bonds is 4. The molecular weight excluding hydrogens is 1650 g/mol. The second kappa shape index (κ2) is 86.7. The van der Waals surface area contributed by atoms with E-state index in [9.17, 15) is 9.59 Å². The number of Topliss-reactive ketones (excluding diaryl/α,β-unsaturated/α-hetero) is 1. The summed E-state index contributed by atoms with van der Waals surface area (Å²) in [5, 5.41) is 15.9. The standard InChI is InChI=1S/C13H15N3.2C13H14N3.C11H12O.C8H9.C7H8.C7H7.C5H6O.10C2H6.2CH4.HI.2Y/c3*1-4-12-11(3-2-6-15-12)13(5-1)16-9-7-14-8-10-16;12-11-7-6-10(8-11)9-4-2-1-3-5-9;1-7-4-3-5-8(2)6-7;2*1-7-5-3-2-4-6-7;6-5-3-1-2-4-5;10*1-2;;;;;/h1-6,14H,7-10H2;2*1-6H,7-10H2;1-5,10H,6-8H2;3-6H,1H2,2H3;2-6H,1H3;2-6H,1H2;1,3H,2,4H2;10*1-2H3;2*1H4;1H;;/q;2*-1;;-1;;-1;;;;;;;;;;;;;;;;. The van der Waals surface area contributed by atoms with Gasteiger partial charge in [-0.25, -0.2) is 0 Å². The summed E-state index contributed by atoms with van der Waals surface area (Å²) in [5.41, 5.74) is 13.2. The smallest absolute Gasteiger partial charge is 0.155 e. The Morgan fingerprint density at radius 2 is 0.726 bits per heavy atom. The first-order valence-corrected chi connectivity index (χ1v) is 40.9. The molecule has 10 aromatic rings. The van der Waals surface area contributed by atoms with Crippen molar-refractivity contribution >= 4 is 85.3 Å². The molecule has 1 atom stereocenters. The number of pyridine rings is 3. The van der Waals surface area contributed by atoms with Gasteiger partial charge in [0.15, 0.2) is 5.78 Å². The van der Waals surface area contributed by atoms with Gasteiger partial charge in [-0.3, -0.25) is 24.5 Å². The number of nitrogens with zero attached hydrogens (tertiary/aromatic N) is 8. The minimum Gasteiger partial charge on any atom is -0.659 e. The first kappa shape index (κ1) is 122. The number of carbonyl (C=O) groups excluding carboxylic acids is 2. The number of hydrogen-bond donors (Lipinski definition) is 1. The summed E-state index contributed by atoms with van der Waals surface area (Å²) >= 11 is 0. The molecule has 0 amide bonds. The number of carbonyl (C=O) groups is 2. The van der Waals surface area contributed by atoms with Gasteiger partial charge in [-0.05, 0) is 136 Å². The van der Waals surface area contributed by atoms with Crippen LogP contribution in [0.1, 0.15) is 219 Å². The van der Waals surface area contributed by atoms with Crippen LogP contribution in [0.2, 0.25) is 0 Å². The Labute approximate surface area is 761 Å². The second-order valence-electron chi connectivity index (χ2n) is 22.0. The van der Waals surface area contributed by atoms with Crippen LogP contribution >= 0.6 is 24.0 Å². The van der Waals surface area contributed by atoms with Crippen molar-refractivity contribution in [2.45, 2.75) is 205 Å². The number of fused-ring (bicyclic) bond motifs is 3. The van der Waals surface area contributed by atoms with E-state index in [1.54, 1.807) is 6.08 Å². The molecule has 4 fully saturated rings. The Kier molecular flexibility index (Phi) is 93.9. The van der Waals surface area contributed by atoms with E-state index < -0.39 is 0 Å². The number of piperazine rings is 3. The largest absolute Gasteiger partial charge is 0.659 e. The van der Waals surface area contributed by atoms with Gasteiger partial charge in [0.05, 0.1) is 16.6 Å². The fourth-order valence-electron chi connectivity index (χ4n) is 10.8. The average Bonchev–Trinajstić information content (AvgIpc) is 1.75. The SMILES string of the molecule is C.C.CC.CC.CC.CC.CC.CC.CC.CC.CC.CC.Cc1ccccc1.I.O=C1C=CCC1.O=C1CCC(c2ccccc2)C1.[CH2-]c1cccc(C)c1.[CH2-]c1ccccc1.[Y].[Y].c1cc(N2CCNCC2)c2cccnc2c1.c1cc(N2CC[N-]CC2)c2cccnc2c1.c1cc(N2CC[N-]CC2)c2cccnc2c1. The number of allylic oxidation sites excluding steroid dienone is 2. The van der Waals surface area contributed by atoms with Gasteiger partial charge in [-0.15, -0.1) is 73.9 Å². The number of anilines is 3. The molecule has 7 aromatic carbocycles. The molecule has 2 aliphatic carbocycles. The van der Waals surface area contributed by atoms with Crippen molar-refractivity contribution in [2.24, 2.45) is 0 Å². The van der Waals surface area contributed by atoms with Gasteiger partial charge >= 0.3 is 0 Å². The molecule has 1 saturated carbocycles. The molecule has 1 unspecified atom stereocenters. The van der Waals surface area contributed by atoms with Crippen molar-refractivity contribution in [3.63, 3.8) is 0 Å². The molecule has 11 nitrogen and oxygen atoms in total. The van der Waals surface area contributed by atoms with Crippen LogP contribution in [-0.2, 0) is 75.0 Å². The van der Waals surface area contributed by atoms with Crippen LogP contribution in [0, 0.1) is 27.7 Å². The molecule has 6 heterocycles. The third kappa shape index (κ3) is 52.9. The maximum absolute atomic E-state index is 11.0. The minimum atomic E-state index is 0. The summed E-state index contributed by atoms with van der Waals surface area (Å²) in [4.78, 5) is 41.6. The van der Waals surface area contributed by atoms with Gasteiger partial charge in [-0.1, -0.05) is 263 Å². The predicted molar refractivity (Wildman–Crippen MR) is 512 cm³/mol. The third-order valence-electron chi connectivity index (χ3n) is 15.4. The van der Waals surface area contributed by atoms with E-state index >= 15 is 0 Å². The molecule has 113 heavy (non-hydrogen) atoms. The van der Waals surface area contributed by atoms with Gasteiger partial charge in [0.25, 0.3) is 0 Å². The maximum atomic E-state index is 11.0. The quantitative estimate of drug-likeness (QED) is 0.136. The van der Waals surface area contributed by atoms with Crippen molar-refractivity contribution in [2.75, 3.05) is 93.2 Å². The fourth-order valence-corrected chi connectivity index (χ4v) is 10.8. The Balaban J connectivity index is -0.000000182. The number of aromatic nitrogens is 3. The number of aryl methyl sites for hydroxylation is 2. The van der Waals surface area contributed by atoms with Crippen molar-refractivity contribution in [3.05, 3.63) is 289 Å². The van der Waals surface area contributed by atoms with Crippen LogP contribution in [0.15, 0.2) is 237 Å². The molecule has 5 aliphatic rings. The van der Waals surface area contributed by atoms with Crippen molar-refractivity contribution in [1.82, 2.24) is 20.3 Å². The Morgan fingerprint density at radius 3 is 1.00 bits per heavy atom. The van der Waals surface area contributed by atoms with Crippen LogP contribution in [0.25, 0.3) is 43.3 Å². The molecule has 3 aliphatic heterocycles. The number of halogens is 1. The van der Waals surface area contributed by atoms with E-state index in [0.29, 0.717) is 11.7 Å². The summed E-state index contributed by atoms with van der Waals surface area (Å²) in [5.74, 6) is 1.19. The molecule has 15 rings (SSSR count). The van der Waals surface area contributed by atoms with Crippen LogP contribution in [-0.4, -0.2) is 105 Å². The van der Waals surface area contributed by atoms with Gasteiger partial charge in [0.2, 0.25) is 0 Å². The molecular formula is C99H154IN9O2Y2-4. The number of ketones is 2. The fraction of sp³-hybridized carbons (Fsp3) is 0.424. The minimum absolute atomic E-state index is 0. The van der Waals surface area contributed by atoms with Crippen LogP contribution < -0.4 is 20.0 Å². The van der Waals surface area contributed by atoms with E-state index in [1.165, 1.54) is 49.9 Å². The van der Waals surface area contributed by atoms with E-state index in [4.69, 9.17) is 0 Å². The first-order chi connectivity index (χ1) is 53.2. The molecule has 3 aromatic heterocycles. The van der Waals surface area contributed by atoms with Crippen molar-refractivity contribution in [1.29, 1.82) is 0 Å². The second-order valence-corrected chi connectivity index (χ2v) is 22.0. The molecule has 624 valence electrons. The van der Waals surface area contributed by atoms with Crippen molar-refractivity contribution in [3.8, 4) is 0 Å². The van der Waals surface area contributed by atoms with Crippen LogP contribution in [0.5, 0.6) is 0 Å². The zero-order valence-corrected chi connectivity index (χ0v) is 81.0. The summed E-state index contributed by atoms with van der Waals surface area (Å²) in [6, 6.07) is 70.0. The normalized spacial score (nSPS) is 12.8. The summed E-state index contributed by atoms with van der Waals surface area (Å²) in [7, 11) is 0. The van der Waals surface area contributed by atoms with Gasteiger partial charge in [-0.2, -0.15) is 49.2 Å². The number of nitrogens with one attached hydrogen (secondary N) is 1. The Hall–Kier alpha value is -6.19. The zero-order valence-electron chi connectivity index (χ0n) is 73.0. The van der Waals surface area contributed by atoms with E-state index in [-0.39, 0.29) is 110 Å². The summed E-state index contributed by atoms with van der Waals surface area (Å²) < 4.78 is 0. The van der Waals surface area contributed by atoms with Crippen LogP contribution in [0.3, 0.4) is 0 Å². The Morgan fingerprint density at radius 1 is 0.389 bits per heavy atom. The number of benzene rings is 7. The molecule has 14 heteroatoms. The molecule has 0 spiro atoms. The zero-order chi connectivity index (χ0) is 81.4. The maximum Gasteiger partial charge on any atom is 0.155 e. The number of hydrogen-bond acceptors (Lipinski definition) is 9. The van der Waals surface area contributed by atoms with Gasteiger partial charge < -0.3 is 30.7 Å². The van der Waals surface area contributed by atoms with Gasteiger partial charge in [0.1, 0.15) is 5.78 Å². The van der Waals surface area contributed by atoms with E-state index in [2.05, 4.69) is 182 Å². The van der Waals surface area contributed by atoms with Gasteiger partial charge in [0, 0.05) is 163 Å². The monoisotopic (exact) mass is 1810 g/mol. The first-order valence-electron chi connectivity index (χ1n) is 40.9. The molecule has 2 radical (unpaired) electrons. The molecule has 0 bridgehead atoms.